The van der Waals surface area contributed by atoms with E-state index in [1.807, 2.05) is 0 Å². The van der Waals surface area contributed by atoms with Crippen LogP contribution in [0.5, 0.6) is 0 Å². The topological polar surface area (TPSA) is 82.5 Å². The third-order valence-corrected chi connectivity index (χ3v) is 3.72. The number of carbonyl (C=O) groups is 2. The molecular weight excluding hydrogens is 352 g/mol. The van der Waals surface area contributed by atoms with Gasteiger partial charge >= 0.3 is 6.09 Å². The summed E-state index contributed by atoms with van der Waals surface area (Å²) in [6.07, 6.45) is -2.95. The second kappa shape index (κ2) is 5.92. The van der Waals surface area contributed by atoms with Crippen LogP contribution in [0.1, 0.15) is 12.0 Å². The maximum Gasteiger partial charge on any atom is 0.408 e. The van der Waals surface area contributed by atoms with Gasteiger partial charge in [-0.05, 0) is 34.5 Å². The Bertz CT molecular complexity index is 599. The lowest BCUT2D eigenvalue weighted by atomic mass is 10.2. The Morgan fingerprint density at radius 3 is 2.86 bits per heavy atom. The molecule has 0 aliphatic carbocycles. The zero-order valence-corrected chi connectivity index (χ0v) is 12.5. The molecule has 6 nitrogen and oxygen atoms in total. The number of carbonyl (C=O) groups excluding carboxylic acids is 1. The number of carboxylic acid groups (broad SMARTS) is 1. The molecule has 0 bridgehead atoms. The van der Waals surface area contributed by atoms with Gasteiger partial charge in [-0.1, -0.05) is 0 Å². The Balaban J connectivity index is 2.18. The number of halogens is 3. The number of aryl methyl sites for hydroxylation is 1. The molecule has 0 aromatic carbocycles. The molecule has 1 aliphatic rings. The zero-order valence-electron chi connectivity index (χ0n) is 10.9. The van der Waals surface area contributed by atoms with Crippen LogP contribution in [0.15, 0.2) is 10.7 Å². The number of pyridine rings is 1. The third kappa shape index (κ3) is 3.29. The fourth-order valence-corrected chi connectivity index (χ4v) is 2.42. The Morgan fingerprint density at radius 2 is 2.24 bits per heavy atom. The number of rotatable bonds is 2. The molecule has 1 aromatic rings. The Labute approximate surface area is 127 Å². The number of nitrogens with one attached hydrogen (secondary N) is 1. The minimum atomic E-state index is -1.38. The number of alkyl halides is 1. The summed E-state index contributed by atoms with van der Waals surface area (Å²) in [4.78, 5) is 27.6. The van der Waals surface area contributed by atoms with E-state index in [1.165, 1.54) is 6.07 Å². The summed E-state index contributed by atoms with van der Waals surface area (Å²) in [5.41, 5.74) is 0.376. The van der Waals surface area contributed by atoms with Gasteiger partial charge in [0, 0.05) is 6.42 Å². The summed E-state index contributed by atoms with van der Waals surface area (Å²) in [6.45, 7) is 1.20. The van der Waals surface area contributed by atoms with Crippen LogP contribution < -0.4 is 5.32 Å². The molecule has 114 valence electrons. The molecule has 1 aliphatic heterocycles. The first kappa shape index (κ1) is 15.6. The highest BCUT2D eigenvalue weighted by Gasteiger charge is 2.40. The predicted molar refractivity (Wildman–Crippen MR) is 73.3 cm³/mol. The van der Waals surface area contributed by atoms with Crippen LogP contribution in [0.4, 0.5) is 19.4 Å². The monoisotopic (exact) mass is 363 g/mol. The lowest BCUT2D eigenvalue weighted by molar-refractivity contribution is -0.120. The molecule has 0 spiro atoms. The molecule has 2 atom stereocenters. The molecule has 2 rings (SSSR count). The van der Waals surface area contributed by atoms with E-state index in [0.717, 1.165) is 4.90 Å². The zero-order chi connectivity index (χ0) is 15.7. The quantitative estimate of drug-likeness (QED) is 0.790. The number of likely N-dealkylation sites (tertiary alicyclic amines) is 1. The van der Waals surface area contributed by atoms with Gasteiger partial charge in [-0.15, -0.1) is 0 Å². The second-order valence-corrected chi connectivity index (χ2v) is 5.45. The van der Waals surface area contributed by atoms with Crippen molar-refractivity contribution in [2.75, 3.05) is 11.9 Å². The Morgan fingerprint density at radius 1 is 1.57 bits per heavy atom. The lowest BCUT2D eigenvalue weighted by Crippen LogP contribution is -2.42. The average molecular weight is 364 g/mol. The van der Waals surface area contributed by atoms with Crippen molar-refractivity contribution < 1.29 is 23.5 Å². The van der Waals surface area contributed by atoms with Gasteiger partial charge in [-0.25, -0.2) is 18.6 Å². The molecule has 0 saturated carbocycles. The number of anilines is 1. The number of hydrogen-bond acceptors (Lipinski definition) is 3. The highest BCUT2D eigenvalue weighted by molar-refractivity contribution is 9.10. The highest BCUT2D eigenvalue weighted by Crippen LogP contribution is 2.24. The number of nitrogens with zero attached hydrogens (tertiary/aromatic N) is 2. The largest absolute Gasteiger partial charge is 0.465 e. The fraction of sp³-hybridized carbons (Fsp3) is 0.417. The molecule has 1 fully saturated rings. The van der Waals surface area contributed by atoms with Gasteiger partial charge in [0.2, 0.25) is 5.91 Å². The van der Waals surface area contributed by atoms with E-state index in [-0.39, 0.29) is 23.4 Å². The highest BCUT2D eigenvalue weighted by atomic mass is 79.9. The molecular formula is C12H12BrF2N3O3. The fourth-order valence-electron chi connectivity index (χ4n) is 2.13. The average Bonchev–Trinajstić information content (AvgIpc) is 2.78. The van der Waals surface area contributed by atoms with Gasteiger partial charge in [-0.3, -0.25) is 9.69 Å². The van der Waals surface area contributed by atoms with Crippen molar-refractivity contribution in [2.45, 2.75) is 25.6 Å². The van der Waals surface area contributed by atoms with E-state index in [4.69, 9.17) is 5.11 Å². The molecule has 1 aromatic heterocycles. The summed E-state index contributed by atoms with van der Waals surface area (Å²) in [5.74, 6) is -1.17. The van der Waals surface area contributed by atoms with Gasteiger partial charge in [0.1, 0.15) is 22.6 Å². The standard InChI is InChI=1S/C12H12BrF2N3O3/c1-5-2-7(15)9(13)16-10(5)17-11(19)8-3-6(14)4-18(8)12(20)21/h2,6,8H,3-4H2,1H3,(H,20,21)(H,16,17,19). The molecule has 9 heteroatoms. The van der Waals surface area contributed by atoms with E-state index in [0.29, 0.717) is 5.56 Å². The minimum absolute atomic E-state index is 0.0757. The first-order chi connectivity index (χ1) is 9.79. The lowest BCUT2D eigenvalue weighted by Gasteiger charge is -2.20. The van der Waals surface area contributed by atoms with Gasteiger partial charge in [0.25, 0.3) is 0 Å². The van der Waals surface area contributed by atoms with Crippen molar-refractivity contribution >= 4 is 33.7 Å². The molecule has 2 heterocycles. The molecule has 2 amide bonds. The maximum atomic E-state index is 13.3. The second-order valence-electron chi connectivity index (χ2n) is 4.70. The van der Waals surface area contributed by atoms with Gasteiger partial charge in [-0.2, -0.15) is 0 Å². The first-order valence-corrected chi connectivity index (χ1v) is 6.86. The SMILES string of the molecule is Cc1cc(F)c(Br)nc1NC(=O)C1CC(F)CN1C(=O)O. The van der Waals surface area contributed by atoms with Crippen LogP contribution in [-0.2, 0) is 4.79 Å². The van der Waals surface area contributed by atoms with E-state index < -0.39 is 30.0 Å². The van der Waals surface area contributed by atoms with E-state index in [9.17, 15) is 18.4 Å². The molecule has 0 radical (unpaired) electrons. The first-order valence-electron chi connectivity index (χ1n) is 6.06. The summed E-state index contributed by atoms with van der Waals surface area (Å²) in [6, 6.07) is 0.0522. The van der Waals surface area contributed by atoms with Crippen LogP contribution in [0, 0.1) is 12.7 Å². The Kier molecular flexibility index (Phi) is 4.40. The van der Waals surface area contributed by atoms with Crippen molar-refractivity contribution in [3.8, 4) is 0 Å². The van der Waals surface area contributed by atoms with E-state index >= 15 is 0 Å². The number of amides is 2. The molecule has 21 heavy (non-hydrogen) atoms. The van der Waals surface area contributed by atoms with Crippen LogP contribution in [0.2, 0.25) is 0 Å². The maximum absolute atomic E-state index is 13.3. The van der Waals surface area contributed by atoms with Gasteiger partial charge < -0.3 is 10.4 Å². The summed E-state index contributed by atoms with van der Waals surface area (Å²) in [7, 11) is 0. The summed E-state index contributed by atoms with van der Waals surface area (Å²) < 4.78 is 26.5. The molecule has 1 saturated heterocycles. The van der Waals surface area contributed by atoms with Crippen molar-refractivity contribution in [3.63, 3.8) is 0 Å². The van der Waals surface area contributed by atoms with Crippen molar-refractivity contribution in [1.82, 2.24) is 9.88 Å². The normalized spacial score (nSPS) is 21.4. The minimum Gasteiger partial charge on any atom is -0.465 e. The summed E-state index contributed by atoms with van der Waals surface area (Å²) in [5, 5.41) is 11.4. The van der Waals surface area contributed by atoms with Crippen molar-refractivity contribution in [2.24, 2.45) is 0 Å². The van der Waals surface area contributed by atoms with E-state index in [2.05, 4.69) is 26.2 Å². The van der Waals surface area contributed by atoms with Crippen LogP contribution in [0.25, 0.3) is 0 Å². The Hall–Kier alpha value is -1.77. The molecule has 2 unspecified atom stereocenters. The van der Waals surface area contributed by atoms with Crippen molar-refractivity contribution in [3.05, 3.63) is 22.1 Å². The smallest absolute Gasteiger partial charge is 0.408 e. The predicted octanol–water partition coefficient (Wildman–Crippen LogP) is 2.32. The van der Waals surface area contributed by atoms with Gasteiger partial charge in [0.05, 0.1) is 6.54 Å². The number of aromatic nitrogens is 1. The van der Waals surface area contributed by atoms with Gasteiger partial charge in [0.15, 0.2) is 5.82 Å². The number of hydrogen-bond donors (Lipinski definition) is 2. The van der Waals surface area contributed by atoms with E-state index in [1.54, 1.807) is 6.92 Å². The van der Waals surface area contributed by atoms with Crippen LogP contribution in [0.3, 0.4) is 0 Å². The van der Waals surface area contributed by atoms with Crippen LogP contribution in [-0.4, -0.2) is 45.7 Å². The van der Waals surface area contributed by atoms with Crippen molar-refractivity contribution in [1.29, 1.82) is 0 Å². The molecule has 2 N–H and O–H groups in total. The van der Waals surface area contributed by atoms with Crippen LogP contribution >= 0.6 is 15.9 Å². The summed E-state index contributed by atoms with van der Waals surface area (Å²) >= 11 is 2.90. The third-order valence-electron chi connectivity index (χ3n) is 3.16.